The fraction of sp³-hybridized carbons (Fsp3) is 0.154. The molecule has 0 saturated carbocycles. The Kier molecular flexibility index (Phi) is 3.97. The van der Waals surface area contributed by atoms with Gasteiger partial charge in [-0.15, -0.1) is 0 Å². The largest absolute Gasteiger partial charge is 0.378 e. The van der Waals surface area contributed by atoms with Crippen molar-refractivity contribution in [3.63, 3.8) is 0 Å². The number of halogens is 1. The summed E-state index contributed by atoms with van der Waals surface area (Å²) >= 11 is 5.80. The van der Waals surface area contributed by atoms with Gasteiger partial charge in [-0.1, -0.05) is 23.7 Å². The van der Waals surface area contributed by atoms with Crippen molar-refractivity contribution in [1.82, 2.24) is 4.98 Å². The molecular weight excluding hydrogens is 266 g/mol. The molecule has 0 saturated heterocycles. The summed E-state index contributed by atoms with van der Waals surface area (Å²) in [5, 5.41) is 14.2. The molecule has 19 heavy (non-hydrogen) atoms. The fourth-order valence-electron chi connectivity index (χ4n) is 1.71. The zero-order valence-electron chi connectivity index (χ0n) is 10.2. The molecule has 1 N–H and O–H groups in total. The third-order valence-electron chi connectivity index (χ3n) is 2.71. The SMILES string of the molecule is CC(Nc1ccnc(Cl)c1)c1ccc([N+](=O)[O-])cc1. The first-order valence-electron chi connectivity index (χ1n) is 5.68. The Morgan fingerprint density at radius 3 is 2.58 bits per heavy atom. The second-order valence-electron chi connectivity index (χ2n) is 4.08. The summed E-state index contributed by atoms with van der Waals surface area (Å²) < 4.78 is 0. The Balaban J connectivity index is 2.11. The van der Waals surface area contributed by atoms with Crippen LogP contribution >= 0.6 is 11.6 Å². The van der Waals surface area contributed by atoms with Gasteiger partial charge in [-0.2, -0.15) is 0 Å². The van der Waals surface area contributed by atoms with Crippen LogP contribution in [0.3, 0.4) is 0 Å². The molecule has 0 fully saturated rings. The van der Waals surface area contributed by atoms with Crippen LogP contribution in [0.25, 0.3) is 0 Å². The van der Waals surface area contributed by atoms with Gasteiger partial charge >= 0.3 is 0 Å². The maximum atomic E-state index is 10.6. The molecule has 0 radical (unpaired) electrons. The predicted octanol–water partition coefficient (Wildman–Crippen LogP) is 3.82. The lowest BCUT2D eigenvalue weighted by Gasteiger charge is -2.15. The summed E-state index contributed by atoms with van der Waals surface area (Å²) in [7, 11) is 0. The summed E-state index contributed by atoms with van der Waals surface area (Å²) in [6.45, 7) is 1.97. The van der Waals surface area contributed by atoms with Gasteiger partial charge in [-0.3, -0.25) is 10.1 Å². The molecule has 1 heterocycles. The van der Waals surface area contributed by atoms with E-state index in [9.17, 15) is 10.1 Å². The average Bonchev–Trinajstić information content (AvgIpc) is 2.39. The maximum Gasteiger partial charge on any atom is 0.269 e. The van der Waals surface area contributed by atoms with E-state index in [-0.39, 0.29) is 11.7 Å². The second kappa shape index (κ2) is 5.67. The number of nitrogens with one attached hydrogen (secondary N) is 1. The molecule has 0 spiro atoms. The number of pyridine rings is 1. The Labute approximate surface area is 115 Å². The molecule has 1 aromatic carbocycles. The van der Waals surface area contributed by atoms with Crippen LogP contribution in [0.4, 0.5) is 11.4 Å². The molecule has 2 aromatic rings. The number of nitrogens with zero attached hydrogens (tertiary/aromatic N) is 2. The minimum absolute atomic E-state index is 0.0132. The van der Waals surface area contributed by atoms with E-state index in [2.05, 4.69) is 10.3 Å². The van der Waals surface area contributed by atoms with Gasteiger partial charge in [0.1, 0.15) is 5.15 Å². The summed E-state index contributed by atoms with van der Waals surface area (Å²) in [5.41, 5.74) is 1.90. The normalized spacial score (nSPS) is 11.9. The molecule has 0 aliphatic heterocycles. The van der Waals surface area contributed by atoms with E-state index < -0.39 is 4.92 Å². The van der Waals surface area contributed by atoms with Crippen molar-refractivity contribution in [2.75, 3.05) is 5.32 Å². The lowest BCUT2D eigenvalue weighted by Crippen LogP contribution is -2.06. The van der Waals surface area contributed by atoms with E-state index in [1.807, 2.05) is 13.0 Å². The third-order valence-corrected chi connectivity index (χ3v) is 2.92. The van der Waals surface area contributed by atoms with Gasteiger partial charge in [-0.25, -0.2) is 4.98 Å². The van der Waals surface area contributed by atoms with E-state index in [0.717, 1.165) is 11.3 Å². The van der Waals surface area contributed by atoms with E-state index in [1.165, 1.54) is 12.1 Å². The van der Waals surface area contributed by atoms with Gasteiger partial charge in [0.2, 0.25) is 0 Å². The quantitative estimate of drug-likeness (QED) is 0.524. The zero-order chi connectivity index (χ0) is 13.8. The number of anilines is 1. The molecule has 2 rings (SSSR count). The zero-order valence-corrected chi connectivity index (χ0v) is 11.0. The highest BCUT2D eigenvalue weighted by Gasteiger charge is 2.09. The van der Waals surface area contributed by atoms with E-state index in [4.69, 9.17) is 11.6 Å². The van der Waals surface area contributed by atoms with Crippen molar-refractivity contribution in [1.29, 1.82) is 0 Å². The minimum Gasteiger partial charge on any atom is -0.378 e. The average molecular weight is 278 g/mol. The van der Waals surface area contributed by atoms with E-state index >= 15 is 0 Å². The number of nitro benzene ring substituents is 1. The lowest BCUT2D eigenvalue weighted by atomic mass is 10.1. The van der Waals surface area contributed by atoms with Crippen molar-refractivity contribution in [3.05, 3.63) is 63.4 Å². The Morgan fingerprint density at radius 2 is 2.00 bits per heavy atom. The first kappa shape index (κ1) is 13.3. The van der Waals surface area contributed by atoms with Crippen molar-refractivity contribution in [3.8, 4) is 0 Å². The molecule has 6 heteroatoms. The van der Waals surface area contributed by atoms with Crippen LogP contribution < -0.4 is 5.32 Å². The lowest BCUT2D eigenvalue weighted by molar-refractivity contribution is -0.384. The summed E-state index contributed by atoms with van der Waals surface area (Å²) in [6.07, 6.45) is 1.62. The van der Waals surface area contributed by atoms with Crippen LogP contribution in [0.15, 0.2) is 42.6 Å². The van der Waals surface area contributed by atoms with Crippen LogP contribution in [-0.4, -0.2) is 9.91 Å². The molecular formula is C13H12ClN3O2. The Hall–Kier alpha value is -2.14. The number of aromatic nitrogens is 1. The molecule has 0 aliphatic carbocycles. The molecule has 0 bridgehead atoms. The highest BCUT2D eigenvalue weighted by atomic mass is 35.5. The minimum atomic E-state index is -0.412. The summed E-state index contributed by atoms with van der Waals surface area (Å²) in [5.74, 6) is 0. The van der Waals surface area contributed by atoms with Gasteiger partial charge in [0, 0.05) is 30.1 Å². The van der Waals surface area contributed by atoms with Gasteiger partial charge < -0.3 is 5.32 Å². The number of hydrogen-bond donors (Lipinski definition) is 1. The van der Waals surface area contributed by atoms with E-state index in [1.54, 1.807) is 24.4 Å². The highest BCUT2D eigenvalue weighted by Crippen LogP contribution is 2.22. The van der Waals surface area contributed by atoms with Gasteiger partial charge in [0.05, 0.1) is 4.92 Å². The first-order valence-corrected chi connectivity index (χ1v) is 6.06. The van der Waals surface area contributed by atoms with Crippen molar-refractivity contribution < 1.29 is 4.92 Å². The summed E-state index contributed by atoms with van der Waals surface area (Å²) in [6, 6.07) is 10.0. The maximum absolute atomic E-state index is 10.6. The van der Waals surface area contributed by atoms with Crippen LogP contribution in [0, 0.1) is 10.1 Å². The number of non-ortho nitro benzene ring substituents is 1. The number of hydrogen-bond acceptors (Lipinski definition) is 4. The predicted molar refractivity (Wildman–Crippen MR) is 74.4 cm³/mol. The van der Waals surface area contributed by atoms with E-state index in [0.29, 0.717) is 5.15 Å². The number of benzene rings is 1. The molecule has 98 valence electrons. The Bertz CT molecular complexity index is 587. The topological polar surface area (TPSA) is 68.1 Å². The molecule has 5 nitrogen and oxygen atoms in total. The standard InChI is InChI=1S/C13H12ClN3O2/c1-9(16-11-6-7-15-13(14)8-11)10-2-4-12(5-3-10)17(18)19/h2-9H,1H3,(H,15,16). The molecule has 0 aliphatic rings. The van der Waals surface area contributed by atoms with Gasteiger partial charge in [-0.05, 0) is 24.6 Å². The summed E-state index contributed by atoms with van der Waals surface area (Å²) in [4.78, 5) is 14.1. The van der Waals surface area contributed by atoms with Gasteiger partial charge in [0.15, 0.2) is 0 Å². The third kappa shape index (κ3) is 3.42. The highest BCUT2D eigenvalue weighted by molar-refractivity contribution is 6.29. The smallest absolute Gasteiger partial charge is 0.269 e. The van der Waals surface area contributed by atoms with Crippen molar-refractivity contribution in [2.24, 2.45) is 0 Å². The van der Waals surface area contributed by atoms with Crippen LogP contribution in [-0.2, 0) is 0 Å². The molecule has 1 atom stereocenters. The first-order chi connectivity index (χ1) is 9.06. The van der Waals surface area contributed by atoms with Crippen molar-refractivity contribution >= 4 is 23.0 Å². The monoisotopic (exact) mass is 277 g/mol. The van der Waals surface area contributed by atoms with Crippen molar-refractivity contribution in [2.45, 2.75) is 13.0 Å². The molecule has 1 unspecified atom stereocenters. The number of rotatable bonds is 4. The second-order valence-corrected chi connectivity index (χ2v) is 4.47. The van der Waals surface area contributed by atoms with Gasteiger partial charge in [0.25, 0.3) is 5.69 Å². The van der Waals surface area contributed by atoms with Crippen LogP contribution in [0.1, 0.15) is 18.5 Å². The fourth-order valence-corrected chi connectivity index (χ4v) is 1.88. The van der Waals surface area contributed by atoms with Crippen LogP contribution in [0.2, 0.25) is 5.15 Å². The molecule has 0 amide bonds. The Morgan fingerprint density at radius 1 is 1.32 bits per heavy atom. The molecule has 1 aromatic heterocycles. The van der Waals surface area contributed by atoms with Crippen LogP contribution in [0.5, 0.6) is 0 Å². The number of nitro groups is 1.